The zero-order valence-corrected chi connectivity index (χ0v) is 13.2. The number of rotatable bonds is 3. The molecule has 0 heterocycles. The summed E-state index contributed by atoms with van der Waals surface area (Å²) < 4.78 is 66.1. The Morgan fingerprint density at radius 1 is 1.14 bits per heavy atom. The fourth-order valence-corrected chi connectivity index (χ4v) is 3.97. The van der Waals surface area contributed by atoms with Gasteiger partial charge in [0.2, 0.25) is 0 Å². The Kier molecular flexibility index (Phi) is 4.50. The van der Waals surface area contributed by atoms with Crippen molar-refractivity contribution in [2.75, 3.05) is 4.72 Å². The first kappa shape index (κ1) is 16.1. The Balaban J connectivity index is 2.51. The second kappa shape index (κ2) is 5.86. The van der Waals surface area contributed by atoms with E-state index in [2.05, 4.69) is 15.9 Å². The van der Waals surface area contributed by atoms with E-state index < -0.39 is 38.1 Å². The Morgan fingerprint density at radius 2 is 1.81 bits per heavy atom. The van der Waals surface area contributed by atoms with E-state index >= 15 is 0 Å². The minimum absolute atomic E-state index is 0.297. The first-order valence-electron chi connectivity index (χ1n) is 5.34. The largest absolute Gasteiger partial charge is 0.276 e. The van der Waals surface area contributed by atoms with Gasteiger partial charge in [-0.25, -0.2) is 21.6 Å². The Hall–Kier alpha value is -1.25. The molecule has 2 aromatic carbocycles. The van der Waals surface area contributed by atoms with Gasteiger partial charge in [-0.2, -0.15) is 0 Å². The molecule has 3 nitrogen and oxygen atoms in total. The third-order valence-electron chi connectivity index (χ3n) is 2.43. The predicted molar refractivity (Wildman–Crippen MR) is 76.3 cm³/mol. The van der Waals surface area contributed by atoms with Crippen LogP contribution in [0.2, 0.25) is 5.02 Å². The quantitative estimate of drug-likeness (QED) is 0.834. The lowest BCUT2D eigenvalue weighted by Crippen LogP contribution is -2.16. The normalized spacial score (nSPS) is 11.5. The topological polar surface area (TPSA) is 46.2 Å². The third kappa shape index (κ3) is 3.33. The molecule has 0 atom stereocenters. The number of anilines is 1. The number of hydrogen-bond acceptors (Lipinski definition) is 2. The second-order valence-electron chi connectivity index (χ2n) is 3.91. The van der Waals surface area contributed by atoms with Crippen molar-refractivity contribution < 1.29 is 21.6 Å². The molecule has 0 fully saturated rings. The van der Waals surface area contributed by atoms with Crippen molar-refractivity contribution in [3.05, 3.63) is 57.3 Å². The van der Waals surface area contributed by atoms with E-state index in [9.17, 15) is 21.6 Å². The van der Waals surface area contributed by atoms with Gasteiger partial charge in [-0.05, 0) is 34.1 Å². The van der Waals surface area contributed by atoms with Crippen LogP contribution in [0.25, 0.3) is 0 Å². The zero-order chi connectivity index (χ0) is 15.8. The van der Waals surface area contributed by atoms with Gasteiger partial charge in [0.25, 0.3) is 10.0 Å². The number of nitrogens with one attached hydrogen (secondary N) is 1. The van der Waals surface area contributed by atoms with Crippen LogP contribution >= 0.6 is 27.5 Å². The van der Waals surface area contributed by atoms with Crippen LogP contribution in [0.15, 0.2) is 39.7 Å². The Labute approximate surface area is 131 Å². The summed E-state index contributed by atoms with van der Waals surface area (Å²) >= 11 is 8.29. The van der Waals surface area contributed by atoms with Crippen LogP contribution < -0.4 is 4.72 Å². The molecule has 0 saturated carbocycles. The molecule has 0 aliphatic heterocycles. The lowest BCUT2D eigenvalue weighted by atomic mass is 10.3. The van der Waals surface area contributed by atoms with Gasteiger partial charge >= 0.3 is 0 Å². The van der Waals surface area contributed by atoms with Crippen molar-refractivity contribution in [1.82, 2.24) is 0 Å². The summed E-state index contributed by atoms with van der Waals surface area (Å²) in [6.45, 7) is 0. The van der Waals surface area contributed by atoms with Gasteiger partial charge in [-0.3, -0.25) is 4.72 Å². The van der Waals surface area contributed by atoms with E-state index in [-0.39, 0.29) is 9.50 Å². The Morgan fingerprint density at radius 3 is 2.43 bits per heavy atom. The summed E-state index contributed by atoms with van der Waals surface area (Å²) in [7, 11) is -4.47. The van der Waals surface area contributed by atoms with Crippen LogP contribution in [-0.4, -0.2) is 8.42 Å². The van der Waals surface area contributed by atoms with Gasteiger partial charge in [-0.1, -0.05) is 17.7 Å². The van der Waals surface area contributed by atoms with E-state index in [0.29, 0.717) is 6.07 Å². The lowest BCUT2D eigenvalue weighted by molar-refractivity contribution is 0.548. The van der Waals surface area contributed by atoms with Gasteiger partial charge in [0, 0.05) is 10.5 Å². The molecule has 9 heteroatoms. The molecule has 112 valence electrons. The van der Waals surface area contributed by atoms with E-state index in [1.165, 1.54) is 12.1 Å². The van der Waals surface area contributed by atoms with Crippen molar-refractivity contribution in [3.63, 3.8) is 0 Å². The molecule has 0 spiro atoms. The van der Waals surface area contributed by atoms with Crippen molar-refractivity contribution >= 4 is 43.2 Å². The first-order valence-corrected chi connectivity index (χ1v) is 7.99. The number of sulfonamides is 1. The Bertz CT molecular complexity index is 791. The molecule has 0 unspecified atom stereocenters. The highest BCUT2D eigenvalue weighted by Crippen LogP contribution is 2.30. The minimum Gasteiger partial charge on any atom is -0.276 e. The zero-order valence-electron chi connectivity index (χ0n) is 10.0. The maximum Gasteiger partial charge on any atom is 0.266 e. The summed E-state index contributed by atoms with van der Waals surface area (Å²) in [4.78, 5) is -0.830. The first-order chi connectivity index (χ1) is 9.72. The number of halogens is 5. The van der Waals surface area contributed by atoms with Crippen LogP contribution in [-0.2, 0) is 10.0 Å². The second-order valence-corrected chi connectivity index (χ2v) is 6.79. The van der Waals surface area contributed by atoms with Crippen LogP contribution in [0.5, 0.6) is 0 Å². The summed E-state index contributed by atoms with van der Waals surface area (Å²) in [5, 5.41) is -0.297. The number of benzene rings is 2. The summed E-state index contributed by atoms with van der Waals surface area (Å²) in [5.74, 6) is -3.26. The van der Waals surface area contributed by atoms with E-state index in [0.717, 1.165) is 12.1 Å². The molecule has 2 rings (SSSR count). The molecule has 0 aliphatic carbocycles. The fourth-order valence-electron chi connectivity index (χ4n) is 1.56. The van der Waals surface area contributed by atoms with Gasteiger partial charge in [-0.15, -0.1) is 0 Å². The maximum atomic E-state index is 13.7. The summed E-state index contributed by atoms with van der Waals surface area (Å²) in [5.41, 5.74) is -0.446. The highest BCUT2D eigenvalue weighted by atomic mass is 79.9. The van der Waals surface area contributed by atoms with Crippen LogP contribution in [0.1, 0.15) is 0 Å². The summed E-state index contributed by atoms with van der Waals surface area (Å²) in [6.07, 6.45) is 0. The maximum absolute atomic E-state index is 13.7. The molecule has 0 bridgehead atoms. The number of hydrogen-bond donors (Lipinski definition) is 1. The van der Waals surface area contributed by atoms with Crippen LogP contribution in [0.4, 0.5) is 18.9 Å². The molecule has 0 amide bonds. The standard InChI is InChI=1S/C12H6BrClF3NO2S/c13-7-4-6(15)5-9(16)12(7)21(19,20)18-10-3-1-2-8(14)11(10)17/h1-5,18H. The van der Waals surface area contributed by atoms with E-state index in [4.69, 9.17) is 11.6 Å². The monoisotopic (exact) mass is 399 g/mol. The van der Waals surface area contributed by atoms with E-state index in [1.807, 2.05) is 4.72 Å². The van der Waals surface area contributed by atoms with Gasteiger partial charge in [0.1, 0.15) is 16.5 Å². The summed E-state index contributed by atoms with van der Waals surface area (Å²) in [6, 6.07) is 4.86. The van der Waals surface area contributed by atoms with Gasteiger partial charge in [0.15, 0.2) is 5.82 Å². The van der Waals surface area contributed by atoms with Crippen molar-refractivity contribution in [2.45, 2.75) is 4.90 Å². The molecule has 0 saturated heterocycles. The van der Waals surface area contributed by atoms with E-state index in [1.54, 1.807) is 0 Å². The van der Waals surface area contributed by atoms with Gasteiger partial charge in [0.05, 0.1) is 10.7 Å². The van der Waals surface area contributed by atoms with Gasteiger partial charge < -0.3 is 0 Å². The van der Waals surface area contributed by atoms with Crippen LogP contribution in [0.3, 0.4) is 0 Å². The third-order valence-corrected chi connectivity index (χ3v) is 5.05. The smallest absolute Gasteiger partial charge is 0.266 e. The molecule has 2 aromatic rings. The van der Waals surface area contributed by atoms with Crippen molar-refractivity contribution in [1.29, 1.82) is 0 Å². The molecule has 1 N–H and O–H groups in total. The molecular formula is C12H6BrClF3NO2S. The molecule has 21 heavy (non-hydrogen) atoms. The predicted octanol–water partition coefficient (Wildman–Crippen LogP) is 4.32. The highest BCUT2D eigenvalue weighted by Gasteiger charge is 2.25. The van der Waals surface area contributed by atoms with Crippen LogP contribution in [0, 0.1) is 17.5 Å². The molecule has 0 aliphatic rings. The lowest BCUT2D eigenvalue weighted by Gasteiger charge is -2.11. The SMILES string of the molecule is O=S(=O)(Nc1cccc(Cl)c1F)c1c(F)cc(F)cc1Br. The average Bonchev–Trinajstić information content (AvgIpc) is 2.33. The van der Waals surface area contributed by atoms with Crippen molar-refractivity contribution in [2.24, 2.45) is 0 Å². The highest BCUT2D eigenvalue weighted by molar-refractivity contribution is 9.10. The molecule has 0 aromatic heterocycles. The van der Waals surface area contributed by atoms with Crippen molar-refractivity contribution in [3.8, 4) is 0 Å². The minimum atomic E-state index is -4.47. The molecular weight excluding hydrogens is 395 g/mol. The molecule has 0 radical (unpaired) electrons. The fraction of sp³-hybridized carbons (Fsp3) is 0. The average molecular weight is 401 g/mol.